The number of hydrogen-bond acceptors (Lipinski definition) is 4. The van der Waals surface area contributed by atoms with Crippen LogP contribution in [-0.2, 0) is 21.4 Å². The van der Waals surface area contributed by atoms with Gasteiger partial charge in [0.1, 0.15) is 11.3 Å². The van der Waals surface area contributed by atoms with E-state index in [2.05, 4.69) is 10.6 Å². The second-order valence-electron chi connectivity index (χ2n) is 10.1. The molecule has 0 unspecified atom stereocenters. The van der Waals surface area contributed by atoms with Crippen LogP contribution in [0.5, 0.6) is 5.75 Å². The highest BCUT2D eigenvalue weighted by Crippen LogP contribution is 2.44. The van der Waals surface area contributed by atoms with E-state index in [-0.39, 0.29) is 17.7 Å². The number of hydrogen-bond donors (Lipinski definition) is 2. The fraction of sp³-hybridized carbons (Fsp3) is 0.464. The molecule has 2 saturated heterocycles. The van der Waals surface area contributed by atoms with Crippen LogP contribution in [0.25, 0.3) is 0 Å². The molecule has 4 amide bonds. The van der Waals surface area contributed by atoms with Crippen molar-refractivity contribution < 1.29 is 19.1 Å². The predicted molar refractivity (Wildman–Crippen MR) is 132 cm³/mol. The maximum atomic E-state index is 13.9. The zero-order chi connectivity index (χ0) is 24.5. The molecule has 0 aromatic heterocycles. The van der Waals surface area contributed by atoms with Gasteiger partial charge in [0.25, 0.3) is 5.91 Å². The molecular weight excluding hydrogens is 442 g/mol. The Hall–Kier alpha value is -3.35. The molecule has 1 atom stereocenters. The first-order chi connectivity index (χ1) is 17.0. The fourth-order valence-electron chi connectivity index (χ4n) is 6.37. The van der Waals surface area contributed by atoms with E-state index in [4.69, 9.17) is 4.74 Å². The van der Waals surface area contributed by atoms with Crippen molar-refractivity contribution in [2.45, 2.75) is 55.9 Å². The molecule has 1 aliphatic carbocycles. The summed E-state index contributed by atoms with van der Waals surface area (Å²) in [6, 6.07) is 17.3. The van der Waals surface area contributed by atoms with Gasteiger partial charge < -0.3 is 15.0 Å². The van der Waals surface area contributed by atoms with Crippen LogP contribution in [-0.4, -0.2) is 48.5 Å². The maximum Gasteiger partial charge on any atom is 0.322 e. The van der Waals surface area contributed by atoms with Crippen molar-refractivity contribution in [2.75, 3.05) is 20.2 Å². The van der Waals surface area contributed by atoms with Crippen molar-refractivity contribution in [1.82, 2.24) is 15.5 Å². The molecule has 5 rings (SSSR count). The number of ether oxygens (including phenoxy) is 1. The zero-order valence-electron chi connectivity index (χ0n) is 20.2. The Bertz CT molecular complexity index is 1090. The molecule has 7 nitrogen and oxygen atoms in total. The number of imide groups is 1. The van der Waals surface area contributed by atoms with Crippen molar-refractivity contribution in [1.29, 1.82) is 0 Å². The monoisotopic (exact) mass is 475 g/mol. The summed E-state index contributed by atoms with van der Waals surface area (Å²) in [6.07, 6.45) is 5.58. The van der Waals surface area contributed by atoms with Crippen LogP contribution >= 0.6 is 0 Å². The van der Waals surface area contributed by atoms with Gasteiger partial charge in [0, 0.05) is 19.5 Å². The van der Waals surface area contributed by atoms with Crippen LogP contribution < -0.4 is 15.4 Å². The lowest BCUT2D eigenvalue weighted by Crippen LogP contribution is -2.58. The van der Waals surface area contributed by atoms with Crippen LogP contribution in [0.3, 0.4) is 0 Å². The van der Waals surface area contributed by atoms with Crippen LogP contribution in [0.2, 0.25) is 0 Å². The first kappa shape index (κ1) is 23.4. The molecule has 1 saturated carbocycles. The van der Waals surface area contributed by atoms with Crippen LogP contribution in [0.4, 0.5) is 4.79 Å². The minimum atomic E-state index is -0.978. The highest BCUT2D eigenvalue weighted by Gasteiger charge is 2.53. The van der Waals surface area contributed by atoms with Crippen LogP contribution in [0.15, 0.2) is 54.6 Å². The van der Waals surface area contributed by atoms with E-state index in [9.17, 15) is 14.4 Å². The Morgan fingerprint density at radius 3 is 2.23 bits per heavy atom. The number of amides is 4. The standard InChI is InChI=1S/C28H33N3O4/c1-35-23-11-9-21(10-12-23)27(15-5-6-16-27)25(33)31-17-13-22(14-18-31)28(24(32)29-26(34)30-28)19-20-7-3-2-4-8-20/h2-4,7-12,22H,5-6,13-19H2,1H3,(H2,29,30,32,34)/t28-/m0/s1. The van der Waals surface area contributed by atoms with Gasteiger partial charge in [-0.2, -0.15) is 0 Å². The SMILES string of the molecule is COc1ccc(C2(C(=O)N3CCC([C@]4(Cc5ccccc5)NC(=O)NC4=O)CC3)CCCC2)cc1. The van der Waals surface area contributed by atoms with Gasteiger partial charge in [0.05, 0.1) is 12.5 Å². The van der Waals surface area contributed by atoms with Crippen molar-refractivity contribution in [3.05, 3.63) is 65.7 Å². The molecule has 0 spiro atoms. The number of benzene rings is 2. The summed E-state index contributed by atoms with van der Waals surface area (Å²) in [7, 11) is 1.65. The summed E-state index contributed by atoms with van der Waals surface area (Å²) in [5.41, 5.74) is 0.604. The third-order valence-electron chi connectivity index (χ3n) is 8.28. The topological polar surface area (TPSA) is 87.7 Å². The normalized spacial score (nSPS) is 24.2. The van der Waals surface area contributed by atoms with E-state index >= 15 is 0 Å². The number of methoxy groups -OCH3 is 1. The summed E-state index contributed by atoms with van der Waals surface area (Å²) in [4.78, 5) is 41.1. The Balaban J connectivity index is 1.34. The molecule has 184 valence electrons. The minimum Gasteiger partial charge on any atom is -0.497 e. The number of carbonyl (C=O) groups is 3. The van der Waals surface area contributed by atoms with E-state index in [1.54, 1.807) is 7.11 Å². The smallest absolute Gasteiger partial charge is 0.322 e. The number of likely N-dealkylation sites (tertiary alicyclic amines) is 1. The van der Waals surface area contributed by atoms with Gasteiger partial charge in [-0.25, -0.2) is 4.79 Å². The lowest BCUT2D eigenvalue weighted by atomic mass is 9.73. The molecule has 2 aromatic rings. The molecule has 3 fully saturated rings. The van der Waals surface area contributed by atoms with Crippen molar-refractivity contribution in [2.24, 2.45) is 5.92 Å². The van der Waals surface area contributed by atoms with E-state index < -0.39 is 17.0 Å². The number of nitrogens with one attached hydrogen (secondary N) is 2. The van der Waals surface area contributed by atoms with Gasteiger partial charge in [-0.05, 0) is 54.9 Å². The summed E-state index contributed by atoms with van der Waals surface area (Å²) in [5, 5.41) is 5.42. The van der Waals surface area contributed by atoms with Gasteiger partial charge in [-0.15, -0.1) is 0 Å². The van der Waals surface area contributed by atoms with Gasteiger partial charge in [-0.3, -0.25) is 14.9 Å². The minimum absolute atomic E-state index is 0.0429. The Morgan fingerprint density at radius 2 is 1.66 bits per heavy atom. The van der Waals surface area contributed by atoms with E-state index in [0.29, 0.717) is 32.4 Å². The molecule has 3 aliphatic rings. The van der Waals surface area contributed by atoms with Gasteiger partial charge >= 0.3 is 6.03 Å². The lowest BCUT2D eigenvalue weighted by molar-refractivity contribution is -0.139. The number of rotatable bonds is 6. The molecule has 2 aromatic carbocycles. The molecule has 0 bridgehead atoms. The molecule has 0 radical (unpaired) electrons. The van der Waals surface area contributed by atoms with Gasteiger partial charge in [-0.1, -0.05) is 55.3 Å². The fourth-order valence-corrected chi connectivity index (χ4v) is 6.37. The average molecular weight is 476 g/mol. The third-order valence-corrected chi connectivity index (χ3v) is 8.28. The summed E-state index contributed by atoms with van der Waals surface area (Å²) < 4.78 is 5.31. The number of urea groups is 1. The molecule has 2 N–H and O–H groups in total. The lowest BCUT2D eigenvalue weighted by Gasteiger charge is -2.43. The van der Waals surface area contributed by atoms with E-state index in [1.807, 2.05) is 59.5 Å². The van der Waals surface area contributed by atoms with Crippen molar-refractivity contribution in [3.63, 3.8) is 0 Å². The highest BCUT2D eigenvalue weighted by molar-refractivity contribution is 6.07. The maximum absolute atomic E-state index is 13.9. The molecular formula is C28H33N3O4. The quantitative estimate of drug-likeness (QED) is 0.626. The molecule has 7 heteroatoms. The second-order valence-corrected chi connectivity index (χ2v) is 10.1. The van der Waals surface area contributed by atoms with E-state index in [1.165, 1.54) is 0 Å². The zero-order valence-corrected chi connectivity index (χ0v) is 20.2. The predicted octanol–water partition coefficient (Wildman–Crippen LogP) is 3.57. The number of piperidine rings is 1. The van der Waals surface area contributed by atoms with Crippen LogP contribution in [0.1, 0.15) is 49.7 Å². The highest BCUT2D eigenvalue weighted by atomic mass is 16.5. The van der Waals surface area contributed by atoms with Crippen LogP contribution in [0, 0.1) is 5.92 Å². The van der Waals surface area contributed by atoms with Gasteiger partial charge in [0.15, 0.2) is 0 Å². The molecule has 35 heavy (non-hydrogen) atoms. The summed E-state index contributed by atoms with van der Waals surface area (Å²) >= 11 is 0. The first-order valence-electron chi connectivity index (χ1n) is 12.6. The van der Waals surface area contributed by atoms with E-state index in [0.717, 1.165) is 42.6 Å². The number of nitrogens with zero attached hydrogens (tertiary/aromatic N) is 1. The molecule has 2 heterocycles. The number of carbonyl (C=O) groups excluding carboxylic acids is 3. The van der Waals surface area contributed by atoms with Crippen molar-refractivity contribution >= 4 is 17.8 Å². The largest absolute Gasteiger partial charge is 0.497 e. The average Bonchev–Trinajstić information content (AvgIpc) is 3.50. The van der Waals surface area contributed by atoms with Gasteiger partial charge in [0.2, 0.25) is 5.91 Å². The third kappa shape index (κ3) is 4.17. The Labute approximate surface area is 206 Å². The Kier molecular flexibility index (Phi) is 6.26. The Morgan fingerprint density at radius 1 is 1.00 bits per heavy atom. The van der Waals surface area contributed by atoms with Crippen molar-refractivity contribution in [3.8, 4) is 5.75 Å². The second kappa shape index (κ2) is 9.36. The first-order valence-corrected chi connectivity index (χ1v) is 12.6. The molecule has 2 aliphatic heterocycles. The summed E-state index contributed by atoms with van der Waals surface area (Å²) in [6.45, 7) is 1.17. The summed E-state index contributed by atoms with van der Waals surface area (Å²) in [5.74, 6) is 0.673.